The van der Waals surface area contributed by atoms with Crippen molar-refractivity contribution < 1.29 is 9.18 Å². The summed E-state index contributed by atoms with van der Waals surface area (Å²) in [6.07, 6.45) is 1.16. The summed E-state index contributed by atoms with van der Waals surface area (Å²) < 4.78 is 12.4. The average molecular weight is 174 g/mol. The van der Waals surface area contributed by atoms with E-state index in [4.69, 9.17) is 11.6 Å². The first-order valence-corrected chi connectivity index (χ1v) is 3.31. The number of aromatic nitrogens is 1. The second-order valence-corrected chi connectivity index (χ2v) is 2.46. The zero-order valence-electron chi connectivity index (χ0n) is 5.77. The summed E-state index contributed by atoms with van der Waals surface area (Å²) in [6.45, 7) is 1.37. The molecule has 0 aliphatic rings. The van der Waals surface area contributed by atoms with Gasteiger partial charge >= 0.3 is 0 Å². The van der Waals surface area contributed by atoms with Crippen LogP contribution in [0.15, 0.2) is 12.3 Å². The van der Waals surface area contributed by atoms with E-state index in [-0.39, 0.29) is 10.8 Å². The number of Topliss-reactive ketones (excluding diaryl/α,β-unsaturated/α-hetero) is 1. The van der Waals surface area contributed by atoms with Crippen molar-refractivity contribution in [1.29, 1.82) is 0 Å². The minimum absolute atomic E-state index is 0.127. The predicted molar refractivity (Wildman–Crippen MR) is 39.2 cm³/mol. The molecule has 0 saturated heterocycles. The molecule has 0 bridgehead atoms. The quantitative estimate of drug-likeness (QED) is 0.481. The number of pyridine rings is 1. The Bertz CT molecular complexity index is 300. The largest absolute Gasteiger partial charge is 0.294 e. The Morgan fingerprint density at radius 2 is 2.36 bits per heavy atom. The summed E-state index contributed by atoms with van der Waals surface area (Å²) in [7, 11) is 0. The standard InChI is InChI=1S/C7H5ClFNO/c1-4(11)5-2-6(8)7(9)10-3-5/h2-3H,1H3. The second-order valence-electron chi connectivity index (χ2n) is 2.05. The van der Waals surface area contributed by atoms with Crippen LogP contribution in [-0.2, 0) is 0 Å². The molecule has 11 heavy (non-hydrogen) atoms. The molecule has 0 aliphatic heterocycles. The van der Waals surface area contributed by atoms with Gasteiger partial charge in [0.05, 0.1) is 5.02 Å². The van der Waals surface area contributed by atoms with Crippen molar-refractivity contribution >= 4 is 17.4 Å². The number of ketones is 1. The van der Waals surface area contributed by atoms with Crippen LogP contribution in [0.25, 0.3) is 0 Å². The minimum Gasteiger partial charge on any atom is -0.294 e. The fourth-order valence-electron chi connectivity index (χ4n) is 0.614. The smallest absolute Gasteiger partial charge is 0.231 e. The van der Waals surface area contributed by atoms with E-state index >= 15 is 0 Å². The third kappa shape index (κ3) is 1.74. The number of rotatable bonds is 1. The average Bonchev–Trinajstić information content (AvgIpc) is 1.94. The summed E-state index contributed by atoms with van der Waals surface area (Å²) >= 11 is 5.37. The molecule has 1 aromatic heterocycles. The van der Waals surface area contributed by atoms with Gasteiger partial charge in [-0.15, -0.1) is 0 Å². The van der Waals surface area contributed by atoms with Gasteiger partial charge in [-0.1, -0.05) is 11.6 Å². The highest BCUT2D eigenvalue weighted by Crippen LogP contribution is 2.13. The first-order chi connectivity index (χ1) is 5.11. The molecule has 0 N–H and O–H groups in total. The molecule has 0 atom stereocenters. The third-order valence-electron chi connectivity index (χ3n) is 1.20. The molecule has 0 saturated carbocycles. The lowest BCUT2D eigenvalue weighted by molar-refractivity contribution is 0.101. The lowest BCUT2D eigenvalue weighted by Gasteiger charge is -1.95. The SMILES string of the molecule is CC(=O)c1cnc(F)c(Cl)c1. The molecule has 58 valence electrons. The van der Waals surface area contributed by atoms with Crippen molar-refractivity contribution in [2.24, 2.45) is 0 Å². The lowest BCUT2D eigenvalue weighted by Crippen LogP contribution is -1.94. The van der Waals surface area contributed by atoms with Crippen molar-refractivity contribution in [1.82, 2.24) is 4.98 Å². The molecule has 0 amide bonds. The van der Waals surface area contributed by atoms with Crippen LogP contribution >= 0.6 is 11.6 Å². The van der Waals surface area contributed by atoms with Gasteiger partial charge in [-0.3, -0.25) is 4.79 Å². The van der Waals surface area contributed by atoms with Gasteiger partial charge in [-0.05, 0) is 13.0 Å². The number of carbonyl (C=O) groups excluding carboxylic acids is 1. The summed E-state index contributed by atoms with van der Waals surface area (Å²) in [4.78, 5) is 14.0. The number of nitrogens with zero attached hydrogens (tertiary/aromatic N) is 1. The predicted octanol–water partition coefficient (Wildman–Crippen LogP) is 2.08. The van der Waals surface area contributed by atoms with Crippen LogP contribution in [0.3, 0.4) is 0 Å². The Morgan fingerprint density at radius 1 is 1.73 bits per heavy atom. The summed E-state index contributed by atoms with van der Waals surface area (Å²) in [5.74, 6) is -0.934. The highest BCUT2D eigenvalue weighted by atomic mass is 35.5. The van der Waals surface area contributed by atoms with Crippen LogP contribution in [0, 0.1) is 5.95 Å². The van der Waals surface area contributed by atoms with Gasteiger partial charge in [0.1, 0.15) is 0 Å². The molecule has 1 heterocycles. The minimum atomic E-state index is -0.753. The molecule has 1 rings (SSSR count). The van der Waals surface area contributed by atoms with Crippen molar-refractivity contribution in [3.63, 3.8) is 0 Å². The summed E-state index contributed by atoms with van der Waals surface area (Å²) in [5, 5.41) is -0.127. The Hall–Kier alpha value is -0.960. The molecule has 1 aromatic rings. The molecular formula is C7H5ClFNO. The van der Waals surface area contributed by atoms with Crippen molar-refractivity contribution in [3.05, 3.63) is 28.8 Å². The lowest BCUT2D eigenvalue weighted by atomic mass is 10.2. The fourth-order valence-corrected chi connectivity index (χ4v) is 0.780. The zero-order valence-corrected chi connectivity index (χ0v) is 6.52. The van der Waals surface area contributed by atoms with E-state index in [1.54, 1.807) is 0 Å². The normalized spacial score (nSPS) is 9.73. The van der Waals surface area contributed by atoms with E-state index in [9.17, 15) is 9.18 Å². The van der Waals surface area contributed by atoms with E-state index < -0.39 is 5.95 Å². The van der Waals surface area contributed by atoms with Gasteiger partial charge in [0.25, 0.3) is 0 Å². The maximum Gasteiger partial charge on any atom is 0.231 e. The maximum atomic E-state index is 12.4. The van der Waals surface area contributed by atoms with Gasteiger partial charge in [-0.2, -0.15) is 4.39 Å². The van der Waals surface area contributed by atoms with E-state index in [0.29, 0.717) is 5.56 Å². The van der Waals surface area contributed by atoms with E-state index in [2.05, 4.69) is 4.98 Å². The Morgan fingerprint density at radius 3 is 2.82 bits per heavy atom. The molecule has 0 aliphatic carbocycles. The number of hydrogen-bond donors (Lipinski definition) is 0. The molecule has 0 spiro atoms. The Kier molecular flexibility index (Phi) is 2.19. The van der Waals surface area contributed by atoms with Crippen LogP contribution in [0.4, 0.5) is 4.39 Å². The highest BCUT2D eigenvalue weighted by Gasteiger charge is 2.04. The monoisotopic (exact) mass is 173 g/mol. The number of hydrogen-bond acceptors (Lipinski definition) is 2. The number of halogens is 2. The van der Waals surface area contributed by atoms with Crippen LogP contribution < -0.4 is 0 Å². The van der Waals surface area contributed by atoms with Crippen LogP contribution in [0.1, 0.15) is 17.3 Å². The zero-order chi connectivity index (χ0) is 8.43. The molecule has 4 heteroatoms. The second kappa shape index (κ2) is 2.96. The maximum absolute atomic E-state index is 12.4. The van der Waals surface area contributed by atoms with Crippen LogP contribution in [-0.4, -0.2) is 10.8 Å². The van der Waals surface area contributed by atoms with Gasteiger partial charge < -0.3 is 0 Å². The molecule has 2 nitrogen and oxygen atoms in total. The highest BCUT2D eigenvalue weighted by molar-refractivity contribution is 6.30. The third-order valence-corrected chi connectivity index (χ3v) is 1.47. The first kappa shape index (κ1) is 8.14. The molecule has 0 aromatic carbocycles. The van der Waals surface area contributed by atoms with Gasteiger partial charge in [-0.25, -0.2) is 4.98 Å². The van der Waals surface area contributed by atoms with Gasteiger partial charge in [0, 0.05) is 11.8 Å². The summed E-state index contributed by atoms with van der Waals surface area (Å²) in [6, 6.07) is 1.26. The molecule has 0 fully saturated rings. The molecule has 0 unspecified atom stereocenters. The Balaban J connectivity index is 3.15. The van der Waals surface area contributed by atoms with E-state index in [0.717, 1.165) is 6.20 Å². The van der Waals surface area contributed by atoms with Gasteiger partial charge in [0.15, 0.2) is 5.78 Å². The van der Waals surface area contributed by atoms with Crippen LogP contribution in [0.2, 0.25) is 5.02 Å². The van der Waals surface area contributed by atoms with Crippen molar-refractivity contribution in [3.8, 4) is 0 Å². The molecular weight excluding hydrogens is 169 g/mol. The van der Waals surface area contributed by atoms with Crippen LogP contribution in [0.5, 0.6) is 0 Å². The van der Waals surface area contributed by atoms with Crippen molar-refractivity contribution in [2.75, 3.05) is 0 Å². The van der Waals surface area contributed by atoms with E-state index in [1.165, 1.54) is 13.0 Å². The Labute approximate surface area is 68.0 Å². The molecule has 0 radical (unpaired) electrons. The first-order valence-electron chi connectivity index (χ1n) is 2.93. The number of carbonyl (C=O) groups is 1. The van der Waals surface area contributed by atoms with E-state index in [1.807, 2.05) is 0 Å². The fraction of sp³-hybridized carbons (Fsp3) is 0.143. The van der Waals surface area contributed by atoms with Crippen molar-refractivity contribution in [2.45, 2.75) is 6.92 Å². The van der Waals surface area contributed by atoms with Gasteiger partial charge in [0.2, 0.25) is 5.95 Å². The topological polar surface area (TPSA) is 30.0 Å². The summed E-state index contributed by atoms with van der Waals surface area (Å²) in [5.41, 5.74) is 0.316.